The highest BCUT2D eigenvalue weighted by molar-refractivity contribution is 6.43. The van der Waals surface area contributed by atoms with Crippen LogP contribution in [0.15, 0.2) is 119 Å². The molecule has 0 aliphatic heterocycles. The lowest BCUT2D eigenvalue weighted by atomic mass is 10.0. The molecule has 1 heterocycles. The van der Waals surface area contributed by atoms with Crippen LogP contribution in [0.1, 0.15) is 29.5 Å². The molecule has 7 heteroatoms. The molecule has 0 spiro atoms. The molecule has 7 nitrogen and oxygen atoms in total. The Bertz CT molecular complexity index is 1590. The fourth-order valence-corrected chi connectivity index (χ4v) is 4.13. The van der Waals surface area contributed by atoms with E-state index in [-0.39, 0.29) is 25.5 Å². The van der Waals surface area contributed by atoms with Crippen LogP contribution in [0.25, 0.3) is 22.6 Å². The van der Waals surface area contributed by atoms with Crippen molar-refractivity contribution in [1.82, 2.24) is 4.98 Å². The Morgan fingerprint density at radius 1 is 0.780 bits per heavy atom. The van der Waals surface area contributed by atoms with Crippen LogP contribution < -0.4 is 4.74 Å². The first kappa shape index (κ1) is 27.4. The number of hydrogen-bond donors (Lipinski definition) is 0. The minimum Gasteiger partial charge on any atom is -0.487 e. The number of esters is 1. The van der Waals surface area contributed by atoms with Gasteiger partial charge in [0.15, 0.2) is 5.71 Å². The van der Waals surface area contributed by atoms with E-state index in [1.807, 2.05) is 116 Å². The lowest BCUT2D eigenvalue weighted by Gasteiger charge is -2.09. The summed E-state index contributed by atoms with van der Waals surface area (Å²) in [6.07, 6.45) is 0. The second-order valence-corrected chi connectivity index (χ2v) is 9.20. The van der Waals surface area contributed by atoms with Crippen LogP contribution in [0.4, 0.5) is 0 Å². The smallest absolute Gasteiger partial charge is 0.361 e. The zero-order valence-electron chi connectivity index (χ0n) is 22.9. The van der Waals surface area contributed by atoms with Gasteiger partial charge in [-0.1, -0.05) is 90.1 Å². The number of aryl methyl sites for hydroxylation is 1. The molecule has 0 atom stereocenters. The molecule has 41 heavy (non-hydrogen) atoms. The number of ether oxygens (including phenoxy) is 2. The van der Waals surface area contributed by atoms with Gasteiger partial charge < -0.3 is 18.7 Å². The van der Waals surface area contributed by atoms with Crippen molar-refractivity contribution >= 4 is 11.7 Å². The van der Waals surface area contributed by atoms with Gasteiger partial charge in [0.1, 0.15) is 30.4 Å². The highest BCUT2D eigenvalue weighted by Crippen LogP contribution is 2.23. The van der Waals surface area contributed by atoms with Gasteiger partial charge in [-0.15, -0.1) is 0 Å². The van der Waals surface area contributed by atoms with Crippen LogP contribution >= 0.6 is 0 Å². The maximum Gasteiger partial charge on any atom is 0.361 e. The van der Waals surface area contributed by atoms with Gasteiger partial charge in [0.05, 0.1) is 6.61 Å². The summed E-state index contributed by atoms with van der Waals surface area (Å²) in [6, 6.07) is 34.8. The first-order chi connectivity index (χ1) is 20.1. The molecule has 0 amide bonds. The Balaban J connectivity index is 1.20. The summed E-state index contributed by atoms with van der Waals surface area (Å²) in [5, 5.41) is 4.14. The molecule has 0 N–H and O–H groups in total. The van der Waals surface area contributed by atoms with Gasteiger partial charge in [0.2, 0.25) is 5.89 Å². The summed E-state index contributed by atoms with van der Waals surface area (Å²) >= 11 is 0. The van der Waals surface area contributed by atoms with Gasteiger partial charge in [-0.2, -0.15) is 0 Å². The van der Waals surface area contributed by atoms with Crippen molar-refractivity contribution in [3.05, 3.63) is 132 Å². The number of aromatic nitrogens is 1. The molecule has 1 aromatic heterocycles. The number of oxime groups is 1. The zero-order valence-corrected chi connectivity index (χ0v) is 22.9. The molecule has 0 aliphatic carbocycles. The molecular formula is C34H30N2O5. The lowest BCUT2D eigenvalue weighted by molar-refractivity contribution is -0.135. The molecule has 206 valence electrons. The summed E-state index contributed by atoms with van der Waals surface area (Å²) in [5.41, 5.74) is 5.39. The third-order valence-corrected chi connectivity index (χ3v) is 6.33. The molecule has 5 aromatic rings. The van der Waals surface area contributed by atoms with E-state index >= 15 is 0 Å². The van der Waals surface area contributed by atoms with Crippen molar-refractivity contribution in [1.29, 1.82) is 0 Å². The summed E-state index contributed by atoms with van der Waals surface area (Å²) < 4.78 is 16.9. The number of hydrogen-bond acceptors (Lipinski definition) is 7. The second-order valence-electron chi connectivity index (χ2n) is 9.20. The van der Waals surface area contributed by atoms with Crippen molar-refractivity contribution in [2.45, 2.75) is 27.1 Å². The topological polar surface area (TPSA) is 83.2 Å². The van der Waals surface area contributed by atoms with Crippen LogP contribution in [-0.2, 0) is 27.6 Å². The van der Waals surface area contributed by atoms with Gasteiger partial charge in [-0.3, -0.25) is 0 Å². The minimum atomic E-state index is -0.540. The van der Waals surface area contributed by atoms with Crippen LogP contribution in [0.3, 0.4) is 0 Å². The molecule has 0 unspecified atom stereocenters. The van der Waals surface area contributed by atoms with E-state index in [0.29, 0.717) is 17.2 Å². The fraction of sp³-hybridized carbons (Fsp3) is 0.147. The molecule has 4 aromatic carbocycles. The predicted octanol–water partition coefficient (Wildman–Crippen LogP) is 7.38. The molecule has 0 aliphatic rings. The van der Waals surface area contributed by atoms with Gasteiger partial charge in [-0.25, -0.2) is 9.78 Å². The molecular weight excluding hydrogens is 516 g/mol. The Morgan fingerprint density at radius 2 is 1.41 bits per heavy atom. The van der Waals surface area contributed by atoms with Crippen LogP contribution in [0.2, 0.25) is 0 Å². The largest absolute Gasteiger partial charge is 0.487 e. The maximum absolute atomic E-state index is 12.6. The van der Waals surface area contributed by atoms with Crippen molar-refractivity contribution in [3.63, 3.8) is 0 Å². The predicted molar refractivity (Wildman–Crippen MR) is 157 cm³/mol. The van der Waals surface area contributed by atoms with Gasteiger partial charge >= 0.3 is 5.97 Å². The molecule has 5 rings (SSSR count). The molecule has 0 bridgehead atoms. The van der Waals surface area contributed by atoms with Crippen LogP contribution in [0.5, 0.6) is 5.75 Å². The summed E-state index contributed by atoms with van der Waals surface area (Å²) in [4.78, 5) is 22.8. The third kappa shape index (κ3) is 7.08. The Labute approximate surface area is 239 Å². The molecule has 0 radical (unpaired) electrons. The average Bonchev–Trinajstić information content (AvgIpc) is 3.40. The van der Waals surface area contributed by atoms with Crippen LogP contribution in [0, 0.1) is 6.92 Å². The van der Waals surface area contributed by atoms with Crippen molar-refractivity contribution < 1.29 is 23.5 Å². The SMILES string of the molecule is CCOC(=O)/C(=N\OCc1ccc(OCc2nc(-c3ccccc3)oc2C)cc1)c1ccc(-c2ccccc2)cc1. The molecule has 0 fully saturated rings. The van der Waals surface area contributed by atoms with Gasteiger partial charge in [-0.05, 0) is 54.8 Å². The van der Waals surface area contributed by atoms with E-state index in [4.69, 9.17) is 18.7 Å². The quantitative estimate of drug-likeness (QED) is 0.0976. The zero-order chi connectivity index (χ0) is 28.4. The number of benzene rings is 4. The first-order valence-corrected chi connectivity index (χ1v) is 13.4. The van der Waals surface area contributed by atoms with Crippen LogP contribution in [-0.4, -0.2) is 23.3 Å². The highest BCUT2D eigenvalue weighted by atomic mass is 16.6. The Hall–Kier alpha value is -5.17. The number of nitrogens with zero attached hydrogens (tertiary/aromatic N) is 2. The summed E-state index contributed by atoms with van der Waals surface area (Å²) in [5.74, 6) is 1.44. The normalized spacial score (nSPS) is 11.2. The summed E-state index contributed by atoms with van der Waals surface area (Å²) in [6.45, 7) is 4.33. The monoisotopic (exact) mass is 546 g/mol. The van der Waals surface area contributed by atoms with E-state index in [2.05, 4.69) is 10.1 Å². The van der Waals surface area contributed by atoms with E-state index in [1.54, 1.807) is 6.92 Å². The first-order valence-electron chi connectivity index (χ1n) is 13.4. The van der Waals surface area contributed by atoms with E-state index in [0.717, 1.165) is 33.7 Å². The minimum absolute atomic E-state index is 0.115. The van der Waals surface area contributed by atoms with E-state index in [9.17, 15) is 4.79 Å². The standard InChI is InChI=1S/C34H30N2O5/c1-3-38-34(37)32(28-18-16-27(17-19-28)26-10-6-4-7-11-26)36-40-22-25-14-20-30(21-15-25)39-23-31-24(2)41-33(35-31)29-12-8-5-9-13-29/h4-21H,3,22-23H2,1-2H3/b36-32-. The Morgan fingerprint density at radius 3 is 2.07 bits per heavy atom. The van der Waals surface area contributed by atoms with Crippen molar-refractivity contribution in [3.8, 4) is 28.3 Å². The van der Waals surface area contributed by atoms with Gasteiger partial charge in [0, 0.05) is 11.1 Å². The number of carbonyl (C=O) groups excluding carboxylic acids is 1. The second kappa shape index (κ2) is 13.3. The van der Waals surface area contributed by atoms with Crippen molar-refractivity contribution in [2.75, 3.05) is 6.61 Å². The molecule has 0 saturated carbocycles. The van der Waals surface area contributed by atoms with Crippen molar-refractivity contribution in [2.24, 2.45) is 5.16 Å². The maximum atomic E-state index is 12.6. The lowest BCUT2D eigenvalue weighted by Crippen LogP contribution is -2.19. The van der Waals surface area contributed by atoms with E-state index in [1.165, 1.54) is 0 Å². The Kier molecular flexibility index (Phi) is 8.86. The van der Waals surface area contributed by atoms with Gasteiger partial charge in [0.25, 0.3) is 0 Å². The summed E-state index contributed by atoms with van der Waals surface area (Å²) in [7, 11) is 0. The number of rotatable bonds is 11. The highest BCUT2D eigenvalue weighted by Gasteiger charge is 2.17. The molecule has 0 saturated heterocycles. The number of oxazole rings is 1. The fourth-order valence-electron chi connectivity index (χ4n) is 4.13. The number of carbonyl (C=O) groups is 1. The van der Waals surface area contributed by atoms with E-state index < -0.39 is 5.97 Å². The third-order valence-electron chi connectivity index (χ3n) is 6.33. The average molecular weight is 547 g/mol.